The van der Waals surface area contributed by atoms with Gasteiger partial charge in [0.05, 0.1) is 12.8 Å². The van der Waals surface area contributed by atoms with Crippen molar-refractivity contribution in [2.75, 3.05) is 12.8 Å². The van der Waals surface area contributed by atoms with E-state index >= 15 is 0 Å². The Hall–Kier alpha value is -3.32. The number of nitrogens with one attached hydrogen (secondary N) is 1. The fraction of sp³-hybridized carbons (Fsp3) is 0.217. The first kappa shape index (κ1) is 24.8. The molecular formula is C23H25N3O7S2. The van der Waals surface area contributed by atoms with Crippen molar-refractivity contribution in [1.29, 1.82) is 0 Å². The number of benzene rings is 2. The maximum Gasteiger partial charge on any atom is 0.306 e. The van der Waals surface area contributed by atoms with Crippen molar-refractivity contribution < 1.29 is 31.0 Å². The average molecular weight is 520 g/mol. The van der Waals surface area contributed by atoms with Crippen LogP contribution in [0.15, 0.2) is 70.9 Å². The predicted octanol–water partition coefficient (Wildman–Crippen LogP) is 3.53. The van der Waals surface area contributed by atoms with Crippen molar-refractivity contribution >= 4 is 31.7 Å². The topological polar surface area (TPSA) is 142 Å². The van der Waals surface area contributed by atoms with Crippen LogP contribution in [0.25, 0.3) is 4.91 Å². The first-order chi connectivity index (χ1) is 16.5. The van der Waals surface area contributed by atoms with Crippen LogP contribution in [0.5, 0.6) is 5.75 Å². The number of amides is 1. The highest BCUT2D eigenvalue weighted by Crippen LogP contribution is 2.62. The van der Waals surface area contributed by atoms with Crippen molar-refractivity contribution in [2.45, 2.75) is 19.9 Å². The van der Waals surface area contributed by atoms with E-state index in [0.29, 0.717) is 30.0 Å². The summed E-state index contributed by atoms with van der Waals surface area (Å²) < 4.78 is 55.7. The summed E-state index contributed by atoms with van der Waals surface area (Å²) in [5.41, 5.74) is 1.89. The van der Waals surface area contributed by atoms with Gasteiger partial charge in [0.25, 0.3) is 5.91 Å². The van der Waals surface area contributed by atoms with Gasteiger partial charge in [-0.15, -0.1) is 0 Å². The summed E-state index contributed by atoms with van der Waals surface area (Å²) in [6.45, 7) is 1.90. The second-order valence-corrected chi connectivity index (χ2v) is 11.4. The van der Waals surface area contributed by atoms with E-state index in [1.165, 1.54) is 0 Å². The van der Waals surface area contributed by atoms with Crippen molar-refractivity contribution in [1.82, 2.24) is 14.8 Å². The third-order valence-electron chi connectivity index (χ3n) is 5.15. The first-order valence-electron chi connectivity index (χ1n) is 10.6. The molecule has 0 saturated carbocycles. The summed E-state index contributed by atoms with van der Waals surface area (Å²) in [6.07, 6.45) is 1.46. The molecule has 1 aromatic heterocycles. The summed E-state index contributed by atoms with van der Waals surface area (Å²) in [6, 6.07) is 16.9. The van der Waals surface area contributed by atoms with Crippen molar-refractivity contribution in [3.8, 4) is 5.75 Å². The normalized spacial score (nSPS) is 16.5. The number of hydrogen-bond acceptors (Lipinski definition) is 9. The lowest BCUT2D eigenvalue weighted by molar-refractivity contribution is -0.123. The molecule has 3 aromatic rings. The Morgan fingerprint density at radius 2 is 1.80 bits per heavy atom. The van der Waals surface area contributed by atoms with Gasteiger partial charge in [0.15, 0.2) is 0 Å². The summed E-state index contributed by atoms with van der Waals surface area (Å²) in [7, 11) is -7.25. The Morgan fingerprint density at radius 3 is 2.40 bits per heavy atom. The second-order valence-electron chi connectivity index (χ2n) is 7.97. The molecule has 1 amide bonds. The minimum atomic E-state index is -3.64. The predicted molar refractivity (Wildman–Crippen MR) is 132 cm³/mol. The second kappa shape index (κ2) is 9.74. The molecule has 0 unspecified atom stereocenters. The Morgan fingerprint density at radius 1 is 1.11 bits per heavy atom. The zero-order valence-electron chi connectivity index (χ0n) is 19.0. The number of aryl methyl sites for hydroxylation is 1. The molecule has 0 saturated heterocycles. The third kappa shape index (κ3) is 5.68. The average Bonchev–Trinajstić information content (AvgIpc) is 3.28. The molecule has 10 nitrogen and oxygen atoms in total. The van der Waals surface area contributed by atoms with Crippen LogP contribution in [0, 0.1) is 6.92 Å². The van der Waals surface area contributed by atoms with Crippen molar-refractivity contribution in [3.05, 3.63) is 88.9 Å². The van der Waals surface area contributed by atoms with E-state index in [2.05, 4.69) is 10.5 Å². The Bertz CT molecular complexity index is 1350. The third-order valence-corrected chi connectivity index (χ3v) is 7.55. The zero-order valence-corrected chi connectivity index (χ0v) is 20.7. The lowest BCUT2D eigenvalue weighted by Gasteiger charge is -2.38. The van der Waals surface area contributed by atoms with Crippen LogP contribution < -0.4 is 9.50 Å². The number of hydrogen-bond donors (Lipinski definition) is 3. The van der Waals surface area contributed by atoms with E-state index in [0.717, 1.165) is 16.1 Å². The van der Waals surface area contributed by atoms with E-state index in [1.54, 1.807) is 67.6 Å². The highest BCUT2D eigenvalue weighted by molar-refractivity contribution is 8.31. The summed E-state index contributed by atoms with van der Waals surface area (Å²) in [5, 5.41) is 6.94. The SMILES string of the molecule is Cc1cc(CN2C(=O)C(NCCc3ccc(OS(C)(=O)=O)cc3)=C(c3ccccc3)S2(O)O)no1. The largest absolute Gasteiger partial charge is 0.383 e. The van der Waals surface area contributed by atoms with Crippen LogP contribution in [0.3, 0.4) is 0 Å². The molecule has 2 heterocycles. The molecule has 0 fully saturated rings. The van der Waals surface area contributed by atoms with Gasteiger partial charge < -0.3 is 14.0 Å². The maximum atomic E-state index is 13.3. The van der Waals surface area contributed by atoms with Crippen molar-refractivity contribution in [3.63, 3.8) is 0 Å². The van der Waals surface area contributed by atoms with Crippen LogP contribution in [0.2, 0.25) is 0 Å². The van der Waals surface area contributed by atoms with E-state index < -0.39 is 26.8 Å². The van der Waals surface area contributed by atoms with Gasteiger partial charge in [0.1, 0.15) is 27.8 Å². The highest BCUT2D eigenvalue weighted by atomic mass is 32.3. The van der Waals surface area contributed by atoms with Crippen LogP contribution >= 0.6 is 10.8 Å². The minimum absolute atomic E-state index is 0.105. The fourth-order valence-electron chi connectivity index (χ4n) is 3.65. The molecule has 186 valence electrons. The number of carbonyl (C=O) groups excluding carboxylic acids is 1. The Labute approximate surface area is 204 Å². The lowest BCUT2D eigenvalue weighted by atomic mass is 10.1. The van der Waals surface area contributed by atoms with Gasteiger partial charge in [-0.05, 0) is 31.0 Å². The molecule has 1 aliphatic rings. The van der Waals surface area contributed by atoms with Gasteiger partial charge in [-0.1, -0.05) is 58.4 Å². The Kier molecular flexibility index (Phi) is 6.90. The van der Waals surface area contributed by atoms with Gasteiger partial charge in [-0.3, -0.25) is 13.9 Å². The quantitative estimate of drug-likeness (QED) is 0.362. The maximum absolute atomic E-state index is 13.3. The monoisotopic (exact) mass is 519 g/mol. The summed E-state index contributed by atoms with van der Waals surface area (Å²) >= 11 is 0. The zero-order chi connectivity index (χ0) is 25.2. The Balaban J connectivity index is 1.54. The molecule has 0 aliphatic carbocycles. The van der Waals surface area contributed by atoms with Gasteiger partial charge in [0.2, 0.25) is 0 Å². The summed E-state index contributed by atoms with van der Waals surface area (Å²) in [4.78, 5) is 13.4. The lowest BCUT2D eigenvalue weighted by Crippen LogP contribution is -2.32. The first-order valence-corrected chi connectivity index (χ1v) is 13.9. The van der Waals surface area contributed by atoms with Crippen LogP contribution in [-0.2, 0) is 27.9 Å². The fourth-order valence-corrected chi connectivity index (χ4v) is 5.85. The van der Waals surface area contributed by atoms with Gasteiger partial charge in [0, 0.05) is 18.2 Å². The molecule has 0 atom stereocenters. The number of aromatic nitrogens is 1. The number of carbonyl (C=O) groups is 1. The smallest absolute Gasteiger partial charge is 0.306 e. The van der Waals surface area contributed by atoms with Crippen LogP contribution in [0.1, 0.15) is 22.6 Å². The molecular weight excluding hydrogens is 494 g/mol. The minimum Gasteiger partial charge on any atom is -0.383 e. The molecule has 0 spiro atoms. The van der Waals surface area contributed by atoms with Crippen LogP contribution in [-0.4, -0.2) is 45.7 Å². The molecule has 2 aromatic carbocycles. The van der Waals surface area contributed by atoms with E-state index in [4.69, 9.17) is 8.71 Å². The summed E-state index contributed by atoms with van der Waals surface area (Å²) in [5.74, 6) is 0.198. The highest BCUT2D eigenvalue weighted by Gasteiger charge is 2.44. The number of rotatable bonds is 9. The molecule has 12 heteroatoms. The molecule has 35 heavy (non-hydrogen) atoms. The van der Waals surface area contributed by atoms with Gasteiger partial charge >= 0.3 is 10.1 Å². The molecule has 0 radical (unpaired) electrons. The van der Waals surface area contributed by atoms with E-state index in [-0.39, 0.29) is 22.9 Å². The standard InChI is InChI=1S/C23H25N3O7S2/c1-16-14-19(25-32-16)15-26-23(27)21(22(35(26,30)31)18-6-4-3-5-7-18)24-13-12-17-8-10-20(11-9-17)33-34(2,28)29/h3-11,14,24,30-31H,12-13,15H2,1-2H3. The van der Waals surface area contributed by atoms with E-state index in [9.17, 15) is 22.3 Å². The van der Waals surface area contributed by atoms with Crippen molar-refractivity contribution in [2.24, 2.45) is 0 Å². The van der Waals surface area contributed by atoms with Gasteiger partial charge in [-0.25, -0.2) is 4.31 Å². The molecule has 1 aliphatic heterocycles. The number of nitrogens with zero attached hydrogens (tertiary/aromatic N) is 2. The van der Waals surface area contributed by atoms with E-state index in [1.807, 2.05) is 0 Å². The molecule has 0 bridgehead atoms. The molecule has 3 N–H and O–H groups in total. The van der Waals surface area contributed by atoms with Gasteiger partial charge in [-0.2, -0.15) is 8.42 Å². The molecule has 4 rings (SSSR count). The van der Waals surface area contributed by atoms with Crippen LogP contribution in [0.4, 0.5) is 0 Å².